The molecule has 31 heavy (non-hydrogen) atoms. The molecule has 0 N–H and O–H groups in total. The van der Waals surface area contributed by atoms with E-state index in [1.165, 1.54) is 41.5 Å². The van der Waals surface area contributed by atoms with E-state index < -0.39 is 87.9 Å². The molecule has 10 heteroatoms. The highest BCUT2D eigenvalue weighted by atomic mass is 32.2. The predicted molar refractivity (Wildman–Crippen MR) is 100 cm³/mol. The van der Waals surface area contributed by atoms with Gasteiger partial charge >= 0.3 is 0 Å². The average Bonchev–Trinajstić information content (AvgIpc) is 2.61. The fourth-order valence-electron chi connectivity index (χ4n) is 3.32. The van der Waals surface area contributed by atoms with Gasteiger partial charge in [-0.05, 0) is 17.8 Å². The second-order valence-corrected chi connectivity index (χ2v) is 11.1. The van der Waals surface area contributed by atoms with Gasteiger partial charge in [0.15, 0.2) is 34.9 Å². The van der Waals surface area contributed by atoms with Crippen LogP contribution in [0.1, 0.15) is 58.2 Å². The molecule has 0 spiro atoms. The van der Waals surface area contributed by atoms with Crippen LogP contribution in [-0.4, -0.2) is 8.42 Å². The molecule has 2 rings (SSSR count). The third-order valence-corrected chi connectivity index (χ3v) is 6.60. The minimum atomic E-state index is -5.63. The second-order valence-electron chi connectivity index (χ2n) is 9.23. The molecule has 172 valence electrons. The molecule has 0 unspecified atom stereocenters. The van der Waals surface area contributed by atoms with E-state index in [1.807, 2.05) is 0 Å². The Morgan fingerprint density at radius 1 is 0.516 bits per heavy atom. The molecule has 2 aromatic carbocycles. The number of halogens is 7. The van der Waals surface area contributed by atoms with Gasteiger partial charge in [0.05, 0.1) is 0 Å². The van der Waals surface area contributed by atoms with Gasteiger partial charge < -0.3 is 0 Å². The van der Waals surface area contributed by atoms with Crippen LogP contribution < -0.4 is 0 Å². The molecule has 0 saturated heterocycles. The number of hydrogen-bond acceptors (Lipinski definition) is 2. The normalized spacial score (nSPS) is 13.1. The molecule has 0 aliphatic rings. The third-order valence-electron chi connectivity index (χ3n) is 4.76. The molecule has 0 radical (unpaired) electrons. The van der Waals surface area contributed by atoms with Gasteiger partial charge in [-0.2, -0.15) is 0 Å². The molecule has 0 aliphatic carbocycles. The van der Waals surface area contributed by atoms with Crippen molar-refractivity contribution >= 4 is 9.84 Å². The first-order valence-electron chi connectivity index (χ1n) is 9.06. The van der Waals surface area contributed by atoms with E-state index in [1.54, 1.807) is 0 Å². The van der Waals surface area contributed by atoms with Crippen molar-refractivity contribution in [3.05, 3.63) is 57.4 Å². The monoisotopic (exact) mass is 470 g/mol. The van der Waals surface area contributed by atoms with Crippen LogP contribution in [0.25, 0.3) is 0 Å². The van der Waals surface area contributed by atoms with E-state index in [0.29, 0.717) is 0 Å². The smallest absolute Gasteiger partial charge is 0.213 e. The number of rotatable bonds is 2. The van der Waals surface area contributed by atoms with E-state index >= 15 is 0 Å². The lowest BCUT2D eigenvalue weighted by molar-refractivity contribution is 0.372. The Morgan fingerprint density at radius 3 is 1.23 bits per heavy atom. The highest BCUT2D eigenvalue weighted by Crippen LogP contribution is 2.43. The summed E-state index contributed by atoms with van der Waals surface area (Å²) in [6, 6.07) is 0. The minimum absolute atomic E-state index is 0.825. The molecule has 0 atom stereocenters. The van der Waals surface area contributed by atoms with Crippen molar-refractivity contribution in [2.24, 2.45) is 0 Å². The molecule has 0 saturated carbocycles. The Balaban J connectivity index is 3.25. The first-order valence-corrected chi connectivity index (χ1v) is 10.5. The summed E-state index contributed by atoms with van der Waals surface area (Å²) in [7, 11) is -5.63. The van der Waals surface area contributed by atoms with Crippen LogP contribution in [0.4, 0.5) is 30.7 Å². The van der Waals surface area contributed by atoms with Gasteiger partial charge in [0.2, 0.25) is 9.84 Å². The Kier molecular flexibility index (Phi) is 6.08. The van der Waals surface area contributed by atoms with Crippen molar-refractivity contribution in [2.75, 3.05) is 0 Å². The summed E-state index contributed by atoms with van der Waals surface area (Å²) in [5, 5.41) is 0. The van der Waals surface area contributed by atoms with Crippen LogP contribution in [0, 0.1) is 47.6 Å². The number of benzene rings is 2. The lowest BCUT2D eigenvalue weighted by Gasteiger charge is -2.28. The maximum absolute atomic E-state index is 15.0. The summed E-state index contributed by atoms with van der Waals surface area (Å²) >= 11 is 0. The zero-order chi connectivity index (χ0) is 24.4. The summed E-state index contributed by atoms with van der Waals surface area (Å²) in [6.45, 7) is 8.27. The van der Waals surface area contributed by atoms with Crippen LogP contribution in [0.5, 0.6) is 0 Å². The number of hydrogen-bond donors (Lipinski definition) is 0. The van der Waals surface area contributed by atoms with Crippen molar-refractivity contribution in [1.29, 1.82) is 0 Å². The molecule has 0 amide bonds. The first-order chi connectivity index (χ1) is 13.8. The molecule has 0 aliphatic heterocycles. The largest absolute Gasteiger partial charge is 0.218 e. The van der Waals surface area contributed by atoms with Gasteiger partial charge in [0, 0.05) is 16.7 Å². The van der Waals surface area contributed by atoms with E-state index in [2.05, 4.69) is 0 Å². The van der Waals surface area contributed by atoms with E-state index in [9.17, 15) is 39.2 Å². The summed E-state index contributed by atoms with van der Waals surface area (Å²) in [6.07, 6.45) is 0. The minimum Gasteiger partial charge on any atom is -0.218 e. The summed E-state index contributed by atoms with van der Waals surface area (Å²) in [5.74, 6) is -14.3. The first kappa shape index (κ1) is 25.2. The highest BCUT2D eigenvalue weighted by molar-refractivity contribution is 7.91. The zero-order valence-electron chi connectivity index (χ0n) is 17.9. The average molecular weight is 470 g/mol. The topological polar surface area (TPSA) is 34.1 Å². The van der Waals surface area contributed by atoms with Gasteiger partial charge in [-0.1, -0.05) is 41.5 Å². The molecule has 2 aromatic rings. The van der Waals surface area contributed by atoms with Crippen LogP contribution in [0.15, 0.2) is 9.79 Å². The molecule has 0 fully saturated rings. The Labute approximate surface area is 176 Å². The van der Waals surface area contributed by atoms with E-state index in [-0.39, 0.29) is 0 Å². The van der Waals surface area contributed by atoms with Gasteiger partial charge in [0.25, 0.3) is 0 Å². The maximum atomic E-state index is 15.0. The standard InChI is InChI=1S/C21H21F7O2S/c1-8-11(22)9(20(2,3)4)18(16(27)12(8)23)31(29,30)19-10(21(5,6)7)13(24)14(25)15(26)17(19)28/h1-7H3. The van der Waals surface area contributed by atoms with Crippen molar-refractivity contribution in [3.8, 4) is 0 Å². The molecule has 0 heterocycles. The quantitative estimate of drug-likeness (QED) is 0.220. The molecular weight excluding hydrogens is 449 g/mol. The lowest BCUT2D eigenvalue weighted by atomic mass is 9.85. The summed E-state index contributed by atoms with van der Waals surface area (Å²) < 4.78 is 128. The Bertz CT molecular complexity index is 1100. The van der Waals surface area contributed by atoms with Crippen LogP contribution in [0.3, 0.4) is 0 Å². The Morgan fingerprint density at radius 2 is 0.839 bits per heavy atom. The van der Waals surface area contributed by atoms with Crippen LogP contribution in [0.2, 0.25) is 0 Å². The fraction of sp³-hybridized carbons (Fsp3) is 0.429. The van der Waals surface area contributed by atoms with Gasteiger partial charge in [-0.25, -0.2) is 39.2 Å². The summed E-state index contributed by atoms with van der Waals surface area (Å²) in [4.78, 5) is -3.32. The molecule has 0 bridgehead atoms. The molecule has 0 aromatic heterocycles. The van der Waals surface area contributed by atoms with Crippen molar-refractivity contribution in [1.82, 2.24) is 0 Å². The summed E-state index contributed by atoms with van der Waals surface area (Å²) in [5.41, 5.74) is -5.87. The number of sulfone groups is 1. The highest BCUT2D eigenvalue weighted by Gasteiger charge is 2.43. The van der Waals surface area contributed by atoms with Gasteiger partial charge in [-0.15, -0.1) is 0 Å². The van der Waals surface area contributed by atoms with Gasteiger partial charge in [-0.3, -0.25) is 0 Å². The second kappa shape index (κ2) is 7.50. The zero-order valence-corrected chi connectivity index (χ0v) is 18.7. The lowest BCUT2D eigenvalue weighted by Crippen LogP contribution is -2.27. The Hall–Kier alpha value is -2.10. The van der Waals surface area contributed by atoms with E-state index in [4.69, 9.17) is 0 Å². The van der Waals surface area contributed by atoms with Crippen molar-refractivity contribution < 1.29 is 39.2 Å². The maximum Gasteiger partial charge on any atom is 0.213 e. The van der Waals surface area contributed by atoms with Crippen molar-refractivity contribution in [2.45, 2.75) is 69.1 Å². The van der Waals surface area contributed by atoms with Crippen molar-refractivity contribution in [3.63, 3.8) is 0 Å². The SMILES string of the molecule is Cc1c(F)c(F)c(S(=O)(=O)c2c(F)c(F)c(F)c(F)c2C(C)(C)C)c(C(C)(C)C)c1F. The molecular formula is C21H21F7O2S. The van der Waals surface area contributed by atoms with Crippen LogP contribution in [-0.2, 0) is 20.7 Å². The third kappa shape index (κ3) is 3.83. The van der Waals surface area contributed by atoms with Gasteiger partial charge in [0.1, 0.15) is 15.6 Å². The molecule has 2 nitrogen and oxygen atoms in total. The fourth-order valence-corrected chi connectivity index (χ4v) is 5.50. The van der Waals surface area contributed by atoms with E-state index in [0.717, 1.165) is 6.92 Å². The predicted octanol–water partition coefficient (Wildman–Crippen LogP) is 6.40. The van der Waals surface area contributed by atoms with Crippen LogP contribution >= 0.6 is 0 Å².